The molecule has 24 heavy (non-hydrogen) atoms. The van der Waals surface area contributed by atoms with Crippen LogP contribution in [0.2, 0.25) is 0 Å². The third-order valence-corrected chi connectivity index (χ3v) is 5.28. The van der Waals surface area contributed by atoms with Crippen LogP contribution >= 0.6 is 11.3 Å². The average molecular weight is 344 g/mol. The number of aliphatic hydroxyl groups is 1. The topological polar surface area (TPSA) is 75.4 Å². The average Bonchev–Trinajstić information content (AvgIpc) is 3.29. The predicted molar refractivity (Wildman–Crippen MR) is 91.2 cm³/mol. The second-order valence-electron chi connectivity index (χ2n) is 5.92. The van der Waals surface area contributed by atoms with Gasteiger partial charge in [-0.2, -0.15) is 5.26 Å². The Hall–Kier alpha value is -2.10. The van der Waals surface area contributed by atoms with E-state index in [0.717, 1.165) is 12.8 Å². The molecule has 1 fully saturated rings. The molecule has 0 bridgehead atoms. The first kappa shape index (κ1) is 16.7. The number of methoxy groups -OCH3 is 1. The molecule has 2 aromatic rings. The molecule has 5 nitrogen and oxygen atoms in total. The Bertz CT molecular complexity index is 720. The van der Waals surface area contributed by atoms with Crippen molar-refractivity contribution in [1.29, 1.82) is 5.26 Å². The minimum atomic E-state index is -1.44. The second kappa shape index (κ2) is 7.20. The van der Waals surface area contributed by atoms with Crippen LogP contribution in [-0.2, 0) is 5.60 Å². The normalized spacial score (nSPS) is 17.2. The molecule has 1 aliphatic carbocycles. The molecule has 1 heterocycles. The molecule has 0 amide bonds. The Balaban J connectivity index is 1.98. The molecule has 1 saturated carbocycles. The van der Waals surface area contributed by atoms with Gasteiger partial charge in [0.1, 0.15) is 5.01 Å². The summed E-state index contributed by atoms with van der Waals surface area (Å²) in [6, 6.07) is 7.37. The van der Waals surface area contributed by atoms with Crippen molar-refractivity contribution >= 4 is 11.3 Å². The molecule has 3 rings (SSSR count). The van der Waals surface area contributed by atoms with Crippen molar-refractivity contribution in [1.82, 2.24) is 4.98 Å². The summed E-state index contributed by atoms with van der Waals surface area (Å²) in [5.74, 6) is 1.24. The summed E-state index contributed by atoms with van der Waals surface area (Å²) >= 11 is 1.33. The van der Waals surface area contributed by atoms with Crippen molar-refractivity contribution in [3.05, 3.63) is 40.3 Å². The first-order valence-corrected chi connectivity index (χ1v) is 8.90. The lowest BCUT2D eigenvalue weighted by Gasteiger charge is -2.25. The minimum Gasteiger partial charge on any atom is -0.493 e. The van der Waals surface area contributed by atoms with E-state index in [9.17, 15) is 10.4 Å². The van der Waals surface area contributed by atoms with Gasteiger partial charge in [-0.1, -0.05) is 6.07 Å². The Morgan fingerprint density at radius 1 is 1.38 bits per heavy atom. The first-order chi connectivity index (χ1) is 11.7. The molecular weight excluding hydrogens is 324 g/mol. The molecule has 1 unspecified atom stereocenters. The lowest BCUT2D eigenvalue weighted by Crippen LogP contribution is -2.27. The number of rotatable bonds is 6. The van der Waals surface area contributed by atoms with Crippen LogP contribution in [0.15, 0.2) is 29.8 Å². The zero-order chi connectivity index (χ0) is 17.0. The van der Waals surface area contributed by atoms with E-state index in [0.29, 0.717) is 22.1 Å². The Morgan fingerprint density at radius 3 is 2.79 bits per heavy atom. The van der Waals surface area contributed by atoms with Gasteiger partial charge < -0.3 is 14.6 Å². The van der Waals surface area contributed by atoms with E-state index in [1.54, 1.807) is 36.9 Å². The number of hydrogen-bond donors (Lipinski definition) is 1. The number of hydrogen-bond acceptors (Lipinski definition) is 6. The van der Waals surface area contributed by atoms with Crippen LogP contribution in [0.4, 0.5) is 0 Å². The molecule has 126 valence electrons. The molecule has 1 aromatic carbocycles. The number of nitrogens with zero attached hydrogens (tertiary/aromatic N) is 2. The lowest BCUT2D eigenvalue weighted by molar-refractivity contribution is 0.0849. The molecule has 1 N–H and O–H groups in total. The molecule has 0 radical (unpaired) electrons. The van der Waals surface area contributed by atoms with Crippen LogP contribution in [0.3, 0.4) is 0 Å². The standard InChI is InChI=1S/C18H20N2O3S/c1-22-15-7-6-13(12-16(15)23-14-4-2-3-5-14)18(21,8-9-19)17-20-10-11-24-17/h6-7,10-12,14,21H,2-5,8H2,1H3. The van der Waals surface area contributed by atoms with Crippen molar-refractivity contribution in [3.63, 3.8) is 0 Å². The summed E-state index contributed by atoms with van der Waals surface area (Å²) in [4.78, 5) is 4.20. The predicted octanol–water partition coefficient (Wildman–Crippen LogP) is 3.62. The minimum absolute atomic E-state index is 0.0737. The second-order valence-corrected chi connectivity index (χ2v) is 6.82. The molecule has 0 aliphatic heterocycles. The summed E-state index contributed by atoms with van der Waals surface area (Å²) in [6.07, 6.45) is 6.13. The molecule has 6 heteroatoms. The highest BCUT2D eigenvalue weighted by Crippen LogP contribution is 2.39. The molecule has 1 aromatic heterocycles. The molecule has 0 spiro atoms. The van der Waals surface area contributed by atoms with Gasteiger partial charge in [-0.05, 0) is 43.4 Å². The van der Waals surface area contributed by atoms with Gasteiger partial charge in [0, 0.05) is 11.6 Å². The van der Waals surface area contributed by atoms with E-state index in [2.05, 4.69) is 11.1 Å². The number of ether oxygens (including phenoxy) is 2. The maximum Gasteiger partial charge on any atom is 0.161 e. The summed E-state index contributed by atoms with van der Waals surface area (Å²) in [5, 5.41) is 22.6. The van der Waals surface area contributed by atoms with E-state index in [4.69, 9.17) is 9.47 Å². The third kappa shape index (κ3) is 3.23. The largest absolute Gasteiger partial charge is 0.493 e. The van der Waals surface area contributed by atoms with E-state index >= 15 is 0 Å². The Labute approximate surface area is 145 Å². The van der Waals surface area contributed by atoms with Crippen LogP contribution < -0.4 is 9.47 Å². The molecule has 0 saturated heterocycles. The van der Waals surface area contributed by atoms with Gasteiger partial charge in [-0.25, -0.2) is 4.98 Å². The van der Waals surface area contributed by atoms with E-state index in [1.165, 1.54) is 24.2 Å². The van der Waals surface area contributed by atoms with Gasteiger partial charge in [0.05, 0.1) is 25.7 Å². The molecule has 1 aliphatic rings. The summed E-state index contributed by atoms with van der Waals surface area (Å²) in [7, 11) is 1.60. The third-order valence-electron chi connectivity index (χ3n) is 4.36. The molecule has 1 atom stereocenters. The SMILES string of the molecule is COc1ccc(C(O)(CC#N)c2nccs2)cc1OC1CCCC1. The summed E-state index contributed by atoms with van der Waals surface area (Å²) < 4.78 is 11.5. The fraction of sp³-hybridized carbons (Fsp3) is 0.444. The highest BCUT2D eigenvalue weighted by atomic mass is 32.1. The van der Waals surface area contributed by atoms with Gasteiger partial charge in [-0.3, -0.25) is 0 Å². The van der Waals surface area contributed by atoms with Crippen molar-refractivity contribution in [3.8, 4) is 17.6 Å². The maximum absolute atomic E-state index is 11.1. The quantitative estimate of drug-likeness (QED) is 0.866. The number of aromatic nitrogens is 1. The van der Waals surface area contributed by atoms with Gasteiger partial charge in [-0.15, -0.1) is 11.3 Å². The lowest BCUT2D eigenvalue weighted by atomic mass is 9.91. The van der Waals surface area contributed by atoms with E-state index in [-0.39, 0.29) is 12.5 Å². The van der Waals surface area contributed by atoms with Crippen molar-refractivity contribution in [2.24, 2.45) is 0 Å². The van der Waals surface area contributed by atoms with E-state index in [1.807, 2.05) is 0 Å². The van der Waals surface area contributed by atoms with Crippen molar-refractivity contribution < 1.29 is 14.6 Å². The van der Waals surface area contributed by atoms with Crippen LogP contribution in [0.25, 0.3) is 0 Å². The van der Waals surface area contributed by atoms with Crippen molar-refractivity contribution in [2.45, 2.75) is 43.8 Å². The van der Waals surface area contributed by atoms with Crippen LogP contribution in [0.1, 0.15) is 42.7 Å². The smallest absolute Gasteiger partial charge is 0.161 e. The van der Waals surface area contributed by atoms with Crippen LogP contribution in [-0.4, -0.2) is 23.3 Å². The number of thiazole rings is 1. The number of nitriles is 1. The van der Waals surface area contributed by atoms with Gasteiger partial charge in [0.15, 0.2) is 17.1 Å². The highest BCUT2D eigenvalue weighted by molar-refractivity contribution is 7.09. The summed E-state index contributed by atoms with van der Waals surface area (Å²) in [5.41, 5.74) is -0.851. The number of benzene rings is 1. The van der Waals surface area contributed by atoms with Gasteiger partial charge >= 0.3 is 0 Å². The van der Waals surface area contributed by atoms with Crippen LogP contribution in [0, 0.1) is 11.3 Å². The Kier molecular flexibility index (Phi) is 5.03. The van der Waals surface area contributed by atoms with Crippen molar-refractivity contribution in [2.75, 3.05) is 7.11 Å². The monoisotopic (exact) mass is 344 g/mol. The molecular formula is C18H20N2O3S. The maximum atomic E-state index is 11.1. The fourth-order valence-electron chi connectivity index (χ4n) is 3.06. The van der Waals surface area contributed by atoms with Gasteiger partial charge in [0.25, 0.3) is 0 Å². The highest BCUT2D eigenvalue weighted by Gasteiger charge is 2.35. The van der Waals surface area contributed by atoms with Gasteiger partial charge in [0.2, 0.25) is 0 Å². The zero-order valence-electron chi connectivity index (χ0n) is 13.6. The van der Waals surface area contributed by atoms with Crippen LogP contribution in [0.5, 0.6) is 11.5 Å². The Morgan fingerprint density at radius 2 is 2.17 bits per heavy atom. The fourth-order valence-corrected chi connectivity index (χ4v) is 3.81. The zero-order valence-corrected chi connectivity index (χ0v) is 14.4. The summed E-state index contributed by atoms with van der Waals surface area (Å²) in [6.45, 7) is 0. The van der Waals surface area contributed by atoms with E-state index < -0.39 is 5.60 Å². The first-order valence-electron chi connectivity index (χ1n) is 8.02.